The minimum atomic E-state index is -1.31. The number of hydrogen-bond donors (Lipinski definition) is 1. The van der Waals surface area contributed by atoms with Crippen molar-refractivity contribution in [2.75, 3.05) is 25.2 Å². The van der Waals surface area contributed by atoms with Gasteiger partial charge in [0.15, 0.2) is 8.32 Å². The van der Waals surface area contributed by atoms with Gasteiger partial charge in [0, 0.05) is 13.7 Å². The molecule has 0 saturated carbocycles. The van der Waals surface area contributed by atoms with E-state index in [1.165, 1.54) is 36.8 Å². The maximum Gasteiger partial charge on any atom is 0.187 e. The normalized spacial score (nSPS) is 12.0. The number of aliphatic hydroxyl groups is 1. The molecular weight excluding hydrogens is 224 g/mol. The summed E-state index contributed by atoms with van der Waals surface area (Å²) in [5.41, 5.74) is 0. The molecule has 0 bridgehead atoms. The van der Waals surface area contributed by atoms with Crippen LogP contribution in [0.2, 0.25) is 19.1 Å². The number of aliphatic hydroxyl groups excluding tert-OH is 1. The number of unbranched alkanes of at least 4 members (excludes halogenated alkanes) is 3. The lowest BCUT2D eigenvalue weighted by Gasteiger charge is -2.19. The fourth-order valence-electron chi connectivity index (χ4n) is 1.19. The van der Waals surface area contributed by atoms with Crippen molar-refractivity contribution in [3.05, 3.63) is 0 Å². The third kappa shape index (κ3) is 10.8. The van der Waals surface area contributed by atoms with E-state index in [1.807, 2.05) is 18.9 Å². The molecule has 0 fully saturated rings. The molecule has 0 radical (unpaired) electrons. The predicted octanol–water partition coefficient (Wildman–Crippen LogP) is 3.12. The molecule has 0 aliphatic heterocycles. The Bertz CT molecular complexity index is 143. The van der Waals surface area contributed by atoms with E-state index < -0.39 is 8.32 Å². The zero-order valence-electron chi connectivity index (χ0n) is 10.4. The van der Waals surface area contributed by atoms with E-state index in [2.05, 4.69) is 13.1 Å². The van der Waals surface area contributed by atoms with Crippen molar-refractivity contribution in [1.29, 1.82) is 0 Å². The summed E-state index contributed by atoms with van der Waals surface area (Å²) in [5, 5.41) is 8.61. The number of rotatable bonds is 10. The maximum absolute atomic E-state index is 8.61. The van der Waals surface area contributed by atoms with E-state index >= 15 is 0 Å². The quantitative estimate of drug-likeness (QED) is 0.477. The summed E-state index contributed by atoms with van der Waals surface area (Å²) in [6.07, 6.45) is 4.70. The Morgan fingerprint density at radius 1 is 1.07 bits per heavy atom. The van der Waals surface area contributed by atoms with Gasteiger partial charge in [0.2, 0.25) is 0 Å². The second-order valence-corrected chi connectivity index (χ2v) is 10.1. The summed E-state index contributed by atoms with van der Waals surface area (Å²) in [6, 6.07) is 1.25. The summed E-state index contributed by atoms with van der Waals surface area (Å²) in [5.74, 6) is 2.51. The first-order chi connectivity index (χ1) is 7.12. The molecule has 2 nitrogen and oxygen atoms in total. The van der Waals surface area contributed by atoms with E-state index in [0.717, 1.165) is 6.42 Å². The monoisotopic (exact) mass is 250 g/mol. The van der Waals surface area contributed by atoms with Gasteiger partial charge in [-0.25, -0.2) is 0 Å². The molecule has 0 unspecified atom stereocenters. The van der Waals surface area contributed by atoms with Crippen molar-refractivity contribution >= 4 is 20.1 Å². The van der Waals surface area contributed by atoms with Crippen molar-refractivity contribution in [3.8, 4) is 0 Å². The van der Waals surface area contributed by atoms with Gasteiger partial charge in [0.05, 0.1) is 0 Å². The third-order valence-electron chi connectivity index (χ3n) is 2.60. The Hall–Kier alpha value is 0.487. The maximum atomic E-state index is 8.61. The highest BCUT2D eigenvalue weighted by Crippen LogP contribution is 2.16. The molecule has 15 heavy (non-hydrogen) atoms. The Morgan fingerprint density at radius 3 is 2.33 bits per heavy atom. The van der Waals surface area contributed by atoms with Crippen LogP contribution < -0.4 is 0 Å². The van der Waals surface area contributed by atoms with Crippen molar-refractivity contribution in [2.45, 2.75) is 44.8 Å². The van der Waals surface area contributed by atoms with E-state index in [0.29, 0.717) is 6.61 Å². The molecule has 0 saturated heterocycles. The average molecular weight is 250 g/mol. The highest BCUT2D eigenvalue weighted by Gasteiger charge is 2.19. The van der Waals surface area contributed by atoms with Crippen LogP contribution in [0.4, 0.5) is 0 Å². The molecule has 1 N–H and O–H groups in total. The molecule has 0 aromatic carbocycles. The lowest BCUT2D eigenvalue weighted by molar-refractivity contribution is 0.283. The molecule has 0 heterocycles. The third-order valence-corrected chi connectivity index (χ3v) is 6.59. The van der Waals surface area contributed by atoms with Gasteiger partial charge in [-0.1, -0.05) is 12.8 Å². The number of thioether (sulfide) groups is 1. The van der Waals surface area contributed by atoms with Gasteiger partial charge < -0.3 is 9.53 Å². The Kier molecular flexibility index (Phi) is 10.0. The summed E-state index contributed by atoms with van der Waals surface area (Å²) >= 11 is 2.05. The first-order valence-corrected chi connectivity index (χ1v) is 10.1. The van der Waals surface area contributed by atoms with Crippen LogP contribution in [0.3, 0.4) is 0 Å². The minimum Gasteiger partial charge on any atom is -0.420 e. The summed E-state index contributed by atoms with van der Waals surface area (Å²) in [4.78, 5) is 0. The Labute approximate surface area is 99.9 Å². The topological polar surface area (TPSA) is 29.5 Å². The van der Waals surface area contributed by atoms with Crippen molar-refractivity contribution < 1.29 is 9.53 Å². The van der Waals surface area contributed by atoms with Crippen LogP contribution in [-0.2, 0) is 4.43 Å². The van der Waals surface area contributed by atoms with Crippen molar-refractivity contribution in [3.63, 3.8) is 0 Å². The molecule has 92 valence electrons. The van der Waals surface area contributed by atoms with Gasteiger partial charge in [-0.05, 0) is 43.5 Å². The van der Waals surface area contributed by atoms with E-state index in [9.17, 15) is 0 Å². The molecule has 0 aliphatic rings. The van der Waals surface area contributed by atoms with Crippen molar-refractivity contribution in [1.82, 2.24) is 0 Å². The molecular formula is C11H26O2SSi. The average Bonchev–Trinajstić information content (AvgIpc) is 2.22. The second kappa shape index (κ2) is 9.69. The van der Waals surface area contributed by atoms with E-state index in [1.54, 1.807) is 0 Å². The Morgan fingerprint density at radius 2 is 1.73 bits per heavy atom. The molecule has 0 aliphatic carbocycles. The van der Waals surface area contributed by atoms with Gasteiger partial charge in [-0.15, -0.1) is 0 Å². The van der Waals surface area contributed by atoms with Crippen LogP contribution in [0.1, 0.15) is 25.7 Å². The minimum absolute atomic E-state index is 0.348. The smallest absolute Gasteiger partial charge is 0.187 e. The highest BCUT2D eigenvalue weighted by atomic mass is 32.2. The van der Waals surface area contributed by atoms with Gasteiger partial charge in [-0.3, -0.25) is 0 Å². The lowest BCUT2D eigenvalue weighted by atomic mass is 10.2. The molecule has 0 amide bonds. The van der Waals surface area contributed by atoms with Gasteiger partial charge in [-0.2, -0.15) is 11.8 Å². The van der Waals surface area contributed by atoms with Crippen LogP contribution in [0, 0.1) is 0 Å². The molecule has 0 spiro atoms. The van der Waals surface area contributed by atoms with Crippen LogP contribution in [-0.4, -0.2) is 38.6 Å². The predicted molar refractivity (Wildman–Crippen MR) is 72.2 cm³/mol. The second-order valence-electron chi connectivity index (χ2n) is 4.46. The molecule has 0 rings (SSSR count). The van der Waals surface area contributed by atoms with E-state index in [4.69, 9.17) is 9.53 Å². The number of hydrogen-bond acceptors (Lipinski definition) is 3. The SMILES string of the molecule is CO[Si](C)(C)CCSCCCCCCO. The van der Waals surface area contributed by atoms with Gasteiger partial charge in [0.1, 0.15) is 0 Å². The molecule has 0 aromatic heterocycles. The first kappa shape index (κ1) is 15.5. The Balaban J connectivity index is 3.11. The first-order valence-electron chi connectivity index (χ1n) is 5.86. The van der Waals surface area contributed by atoms with Crippen LogP contribution >= 0.6 is 11.8 Å². The lowest BCUT2D eigenvalue weighted by Crippen LogP contribution is -2.28. The molecule has 4 heteroatoms. The highest BCUT2D eigenvalue weighted by molar-refractivity contribution is 7.99. The standard InChI is InChI=1S/C11H26O2SSi/c1-13-15(2,3)11-10-14-9-7-5-4-6-8-12/h12H,4-11H2,1-3H3. The molecule has 0 atom stereocenters. The largest absolute Gasteiger partial charge is 0.420 e. The zero-order chi connectivity index (χ0) is 11.6. The summed E-state index contributed by atoms with van der Waals surface area (Å²) in [7, 11) is 0.527. The van der Waals surface area contributed by atoms with Crippen LogP contribution in [0.25, 0.3) is 0 Å². The van der Waals surface area contributed by atoms with Crippen LogP contribution in [0.5, 0.6) is 0 Å². The zero-order valence-corrected chi connectivity index (χ0v) is 12.2. The fraction of sp³-hybridized carbons (Fsp3) is 1.00. The fourth-order valence-corrected chi connectivity index (χ4v) is 4.55. The van der Waals surface area contributed by atoms with Crippen molar-refractivity contribution in [2.24, 2.45) is 0 Å². The van der Waals surface area contributed by atoms with Crippen LogP contribution in [0.15, 0.2) is 0 Å². The van der Waals surface area contributed by atoms with Gasteiger partial charge in [0.25, 0.3) is 0 Å². The molecule has 0 aromatic rings. The van der Waals surface area contributed by atoms with Gasteiger partial charge >= 0.3 is 0 Å². The van der Waals surface area contributed by atoms with E-state index in [-0.39, 0.29) is 0 Å². The summed E-state index contributed by atoms with van der Waals surface area (Å²) in [6.45, 7) is 4.89. The summed E-state index contributed by atoms with van der Waals surface area (Å²) < 4.78 is 5.50.